The fourth-order valence-corrected chi connectivity index (χ4v) is 1.16. The highest BCUT2D eigenvalue weighted by atomic mass is 16.2. The molecular weight excluding hydrogens is 194 g/mol. The molecule has 5 nitrogen and oxygen atoms in total. The molecule has 4 N–H and O–H groups in total. The Morgan fingerprint density at radius 1 is 1.33 bits per heavy atom. The van der Waals surface area contributed by atoms with E-state index in [1.54, 1.807) is 6.08 Å². The molecule has 0 saturated heterocycles. The predicted octanol–water partition coefficient (Wildman–Crippen LogP) is 0.205. The highest BCUT2D eigenvalue weighted by Gasteiger charge is 1.93. The van der Waals surface area contributed by atoms with Gasteiger partial charge in [-0.25, -0.2) is 4.79 Å². The molecule has 0 aliphatic carbocycles. The molecule has 5 heteroatoms. The van der Waals surface area contributed by atoms with Crippen molar-refractivity contribution >= 4 is 6.08 Å². The molecule has 0 aliphatic heterocycles. The zero-order valence-electron chi connectivity index (χ0n) is 8.45. The van der Waals surface area contributed by atoms with Gasteiger partial charge >= 0.3 is 5.69 Å². The number of allylic oxidation sites excluding steroid dienone is 1. The van der Waals surface area contributed by atoms with Crippen LogP contribution < -0.4 is 17.0 Å². The first-order valence-corrected chi connectivity index (χ1v) is 4.92. The fourth-order valence-electron chi connectivity index (χ4n) is 1.16. The monoisotopic (exact) mass is 209 g/mol. The largest absolute Gasteiger partial charge is 0.330 e. The van der Waals surface area contributed by atoms with E-state index in [0.29, 0.717) is 12.1 Å². The van der Waals surface area contributed by atoms with Gasteiger partial charge in [0.25, 0.3) is 5.56 Å². The van der Waals surface area contributed by atoms with Crippen LogP contribution in [0.5, 0.6) is 0 Å². The lowest BCUT2D eigenvalue weighted by Crippen LogP contribution is -2.22. The molecular formula is C10H15N3O2. The Hall–Kier alpha value is -1.62. The van der Waals surface area contributed by atoms with Gasteiger partial charge in [0.15, 0.2) is 0 Å². The molecule has 1 rings (SSSR count). The minimum atomic E-state index is -0.486. The smallest absolute Gasteiger partial charge is 0.325 e. The van der Waals surface area contributed by atoms with Crippen LogP contribution in [-0.2, 0) is 0 Å². The Morgan fingerprint density at radius 2 is 2.13 bits per heavy atom. The van der Waals surface area contributed by atoms with Crippen LogP contribution in [0.1, 0.15) is 24.8 Å². The first-order chi connectivity index (χ1) is 7.24. The Bertz CT molecular complexity index is 431. The second-order valence-electron chi connectivity index (χ2n) is 3.21. The predicted molar refractivity (Wildman–Crippen MR) is 59.6 cm³/mol. The zero-order chi connectivity index (χ0) is 11.1. The molecule has 0 spiro atoms. The summed E-state index contributed by atoms with van der Waals surface area (Å²) >= 11 is 0. The number of nitrogens with two attached hydrogens (primary N) is 1. The molecule has 0 amide bonds. The van der Waals surface area contributed by atoms with Crippen LogP contribution in [0, 0.1) is 0 Å². The number of rotatable bonds is 5. The number of H-pyrrole nitrogens is 2. The second-order valence-corrected chi connectivity index (χ2v) is 3.21. The van der Waals surface area contributed by atoms with Crippen LogP contribution in [0.4, 0.5) is 0 Å². The molecule has 1 heterocycles. The van der Waals surface area contributed by atoms with Crippen molar-refractivity contribution in [1.29, 1.82) is 0 Å². The SMILES string of the molecule is NCCCC/C=C/c1c[nH]c(=O)[nH]c1=O. The molecule has 0 atom stereocenters. The molecule has 0 unspecified atom stereocenters. The van der Waals surface area contributed by atoms with Crippen LogP contribution in [0.25, 0.3) is 6.08 Å². The molecule has 15 heavy (non-hydrogen) atoms. The lowest BCUT2D eigenvalue weighted by molar-refractivity contribution is 0.759. The maximum Gasteiger partial charge on any atom is 0.325 e. The van der Waals surface area contributed by atoms with Gasteiger partial charge in [-0.2, -0.15) is 0 Å². The fraction of sp³-hybridized carbons (Fsp3) is 0.400. The van der Waals surface area contributed by atoms with Gasteiger partial charge in [-0.1, -0.05) is 12.2 Å². The van der Waals surface area contributed by atoms with Gasteiger partial charge in [-0.3, -0.25) is 9.78 Å². The Morgan fingerprint density at radius 3 is 2.80 bits per heavy atom. The van der Waals surface area contributed by atoms with Crippen molar-refractivity contribution in [2.24, 2.45) is 5.73 Å². The van der Waals surface area contributed by atoms with E-state index in [1.807, 2.05) is 6.08 Å². The maximum atomic E-state index is 11.2. The summed E-state index contributed by atoms with van der Waals surface area (Å²) in [5, 5.41) is 0. The summed E-state index contributed by atoms with van der Waals surface area (Å²) in [5.41, 5.74) is 4.95. The van der Waals surface area contributed by atoms with Gasteiger partial charge in [0.2, 0.25) is 0 Å². The van der Waals surface area contributed by atoms with E-state index < -0.39 is 5.69 Å². The van der Waals surface area contributed by atoms with E-state index in [1.165, 1.54) is 6.20 Å². The third kappa shape index (κ3) is 3.95. The van der Waals surface area contributed by atoms with E-state index in [-0.39, 0.29) is 5.56 Å². The Balaban J connectivity index is 2.57. The van der Waals surface area contributed by atoms with Gasteiger partial charge in [0, 0.05) is 6.20 Å². The molecule has 82 valence electrons. The number of nitrogens with one attached hydrogen (secondary N) is 2. The van der Waals surface area contributed by atoms with E-state index in [9.17, 15) is 9.59 Å². The van der Waals surface area contributed by atoms with Gasteiger partial charge in [-0.15, -0.1) is 0 Å². The molecule has 0 radical (unpaired) electrons. The summed E-state index contributed by atoms with van der Waals surface area (Å²) in [4.78, 5) is 26.5. The molecule has 0 aromatic carbocycles. The average molecular weight is 209 g/mol. The van der Waals surface area contributed by atoms with Crippen LogP contribution >= 0.6 is 0 Å². The number of unbranched alkanes of at least 4 members (excludes halogenated alkanes) is 2. The summed E-state index contributed by atoms with van der Waals surface area (Å²) in [6.45, 7) is 0.688. The van der Waals surface area contributed by atoms with Crippen molar-refractivity contribution in [3.05, 3.63) is 38.7 Å². The van der Waals surface area contributed by atoms with Crippen LogP contribution in [-0.4, -0.2) is 16.5 Å². The highest BCUT2D eigenvalue weighted by molar-refractivity contribution is 5.45. The molecule has 0 aliphatic rings. The maximum absolute atomic E-state index is 11.2. The van der Waals surface area contributed by atoms with E-state index in [0.717, 1.165) is 19.3 Å². The van der Waals surface area contributed by atoms with Gasteiger partial charge in [0.05, 0.1) is 5.56 Å². The number of hydrogen-bond acceptors (Lipinski definition) is 3. The highest BCUT2D eigenvalue weighted by Crippen LogP contribution is 1.98. The van der Waals surface area contributed by atoms with Gasteiger partial charge in [0.1, 0.15) is 0 Å². The van der Waals surface area contributed by atoms with Crippen molar-refractivity contribution in [2.75, 3.05) is 6.54 Å². The summed E-state index contributed by atoms with van der Waals surface area (Å²) in [7, 11) is 0. The zero-order valence-corrected chi connectivity index (χ0v) is 8.45. The van der Waals surface area contributed by atoms with Gasteiger partial charge < -0.3 is 10.7 Å². The minimum Gasteiger partial charge on any atom is -0.330 e. The van der Waals surface area contributed by atoms with Crippen molar-refractivity contribution in [1.82, 2.24) is 9.97 Å². The molecule has 1 aromatic rings. The first kappa shape index (κ1) is 11.5. The summed E-state index contributed by atoms with van der Waals surface area (Å²) in [6.07, 6.45) is 7.88. The van der Waals surface area contributed by atoms with Crippen LogP contribution in [0.2, 0.25) is 0 Å². The topological polar surface area (TPSA) is 91.7 Å². The third-order valence-corrected chi connectivity index (χ3v) is 1.97. The van der Waals surface area contributed by atoms with E-state index >= 15 is 0 Å². The average Bonchev–Trinajstić information content (AvgIpc) is 2.20. The quantitative estimate of drug-likeness (QED) is 0.605. The van der Waals surface area contributed by atoms with Crippen LogP contribution in [0.15, 0.2) is 21.9 Å². The van der Waals surface area contributed by atoms with Crippen molar-refractivity contribution in [2.45, 2.75) is 19.3 Å². The minimum absolute atomic E-state index is 0.367. The Kier molecular flexibility index (Phi) is 4.56. The molecule has 0 fully saturated rings. The third-order valence-electron chi connectivity index (χ3n) is 1.97. The number of aromatic amines is 2. The lowest BCUT2D eigenvalue weighted by atomic mass is 10.2. The number of aromatic nitrogens is 2. The lowest BCUT2D eigenvalue weighted by Gasteiger charge is -1.92. The van der Waals surface area contributed by atoms with Crippen molar-refractivity contribution < 1.29 is 0 Å². The normalized spacial score (nSPS) is 11.0. The summed E-state index contributed by atoms with van der Waals surface area (Å²) < 4.78 is 0. The first-order valence-electron chi connectivity index (χ1n) is 4.92. The van der Waals surface area contributed by atoms with Crippen LogP contribution in [0.3, 0.4) is 0 Å². The molecule has 0 bridgehead atoms. The van der Waals surface area contributed by atoms with Gasteiger partial charge in [-0.05, 0) is 25.8 Å². The number of hydrogen-bond donors (Lipinski definition) is 3. The summed E-state index contributed by atoms with van der Waals surface area (Å²) in [6, 6.07) is 0. The Labute approximate surface area is 87.0 Å². The van der Waals surface area contributed by atoms with Crippen molar-refractivity contribution in [3.63, 3.8) is 0 Å². The molecule has 0 saturated carbocycles. The second kappa shape index (κ2) is 5.98. The summed E-state index contributed by atoms with van der Waals surface area (Å²) in [5.74, 6) is 0. The van der Waals surface area contributed by atoms with E-state index in [4.69, 9.17) is 5.73 Å². The standard InChI is InChI=1S/C10H15N3O2/c11-6-4-2-1-3-5-8-7-12-10(15)13-9(8)14/h3,5,7H,1-2,4,6,11H2,(H2,12,13,14,15)/b5-3+. The molecule has 1 aromatic heterocycles. The van der Waals surface area contributed by atoms with Crippen molar-refractivity contribution in [3.8, 4) is 0 Å². The van der Waals surface area contributed by atoms with E-state index in [2.05, 4.69) is 9.97 Å².